The molecule has 0 bridgehead atoms. The third-order valence-corrected chi connectivity index (χ3v) is 4.61. The molecule has 0 aliphatic carbocycles. The molecule has 22 heavy (non-hydrogen) atoms. The Labute approximate surface area is 139 Å². The van der Waals surface area contributed by atoms with Crippen molar-refractivity contribution in [3.05, 3.63) is 0 Å². The van der Waals surface area contributed by atoms with Gasteiger partial charge in [-0.25, -0.2) is 0 Å². The molecular formula is C20H42O2. The summed E-state index contributed by atoms with van der Waals surface area (Å²) in [7, 11) is 0. The monoisotopic (exact) mass is 314 g/mol. The number of hydrogen-bond acceptors (Lipinski definition) is 2. The van der Waals surface area contributed by atoms with Gasteiger partial charge in [-0.05, 0) is 25.7 Å². The lowest BCUT2D eigenvalue weighted by atomic mass is 10.0. The molecule has 2 nitrogen and oxygen atoms in total. The van der Waals surface area contributed by atoms with Gasteiger partial charge in [-0.1, -0.05) is 90.9 Å². The van der Waals surface area contributed by atoms with E-state index in [1.54, 1.807) is 0 Å². The van der Waals surface area contributed by atoms with E-state index in [2.05, 4.69) is 13.8 Å². The summed E-state index contributed by atoms with van der Waals surface area (Å²) in [6, 6.07) is 0. The zero-order chi connectivity index (χ0) is 16.5. The van der Waals surface area contributed by atoms with E-state index in [0.717, 1.165) is 32.1 Å². The van der Waals surface area contributed by atoms with Gasteiger partial charge in [-0.2, -0.15) is 0 Å². The Morgan fingerprint density at radius 2 is 0.773 bits per heavy atom. The van der Waals surface area contributed by atoms with Crippen molar-refractivity contribution in [2.45, 2.75) is 129 Å². The number of rotatable bonds is 17. The second-order valence-electron chi connectivity index (χ2n) is 7.00. The largest absolute Gasteiger partial charge is 0.393 e. The molecule has 0 rings (SSSR count). The lowest BCUT2D eigenvalue weighted by Crippen LogP contribution is -2.06. The molecule has 0 amide bonds. The Morgan fingerprint density at radius 1 is 0.455 bits per heavy atom. The molecule has 0 fully saturated rings. The summed E-state index contributed by atoms with van der Waals surface area (Å²) in [6.07, 6.45) is 18.6. The first-order valence-electron chi connectivity index (χ1n) is 10.1. The van der Waals surface area contributed by atoms with E-state index in [1.807, 2.05) is 0 Å². The van der Waals surface area contributed by atoms with Gasteiger partial charge in [0.1, 0.15) is 0 Å². The highest BCUT2D eigenvalue weighted by atomic mass is 16.3. The SMILES string of the molecule is CCCCCCC(O)CCCCCCCCC(O)CCCC. The third kappa shape index (κ3) is 16.3. The van der Waals surface area contributed by atoms with Crippen molar-refractivity contribution in [1.82, 2.24) is 0 Å². The normalized spacial score (nSPS) is 14.2. The zero-order valence-electron chi connectivity index (χ0n) is 15.4. The lowest BCUT2D eigenvalue weighted by molar-refractivity contribution is 0.145. The second kappa shape index (κ2) is 17.3. The van der Waals surface area contributed by atoms with Crippen LogP contribution >= 0.6 is 0 Å². The van der Waals surface area contributed by atoms with Crippen LogP contribution in [-0.4, -0.2) is 22.4 Å². The summed E-state index contributed by atoms with van der Waals surface area (Å²) >= 11 is 0. The van der Waals surface area contributed by atoms with E-state index >= 15 is 0 Å². The van der Waals surface area contributed by atoms with Crippen LogP contribution in [0.25, 0.3) is 0 Å². The maximum absolute atomic E-state index is 9.89. The number of unbranched alkanes of at least 4 members (excludes halogenated alkanes) is 9. The van der Waals surface area contributed by atoms with Crippen LogP contribution in [0.2, 0.25) is 0 Å². The van der Waals surface area contributed by atoms with Crippen LogP contribution in [0.3, 0.4) is 0 Å². The van der Waals surface area contributed by atoms with Crippen molar-refractivity contribution in [3.8, 4) is 0 Å². The Morgan fingerprint density at radius 3 is 1.18 bits per heavy atom. The quantitative estimate of drug-likeness (QED) is 0.324. The summed E-state index contributed by atoms with van der Waals surface area (Å²) in [4.78, 5) is 0. The predicted molar refractivity (Wildman–Crippen MR) is 97.2 cm³/mol. The third-order valence-electron chi connectivity index (χ3n) is 4.61. The molecule has 0 heterocycles. The van der Waals surface area contributed by atoms with Crippen LogP contribution in [0.5, 0.6) is 0 Å². The molecule has 0 aromatic rings. The number of aliphatic hydroxyl groups is 2. The molecule has 0 saturated heterocycles. The van der Waals surface area contributed by atoms with E-state index in [9.17, 15) is 10.2 Å². The fourth-order valence-electron chi connectivity index (χ4n) is 3.00. The fourth-order valence-corrected chi connectivity index (χ4v) is 3.00. The smallest absolute Gasteiger partial charge is 0.0540 e. The van der Waals surface area contributed by atoms with Crippen molar-refractivity contribution in [2.24, 2.45) is 0 Å². The first-order chi connectivity index (χ1) is 10.7. The van der Waals surface area contributed by atoms with Gasteiger partial charge in [0.25, 0.3) is 0 Å². The molecule has 0 spiro atoms. The highest BCUT2D eigenvalue weighted by Gasteiger charge is 2.04. The van der Waals surface area contributed by atoms with E-state index in [-0.39, 0.29) is 12.2 Å². The summed E-state index contributed by atoms with van der Waals surface area (Å²) in [5.41, 5.74) is 0. The second-order valence-corrected chi connectivity index (χ2v) is 7.00. The molecule has 0 aliphatic heterocycles. The van der Waals surface area contributed by atoms with Crippen molar-refractivity contribution in [2.75, 3.05) is 0 Å². The first-order valence-corrected chi connectivity index (χ1v) is 10.1. The molecular weight excluding hydrogens is 272 g/mol. The minimum Gasteiger partial charge on any atom is -0.393 e. The highest BCUT2D eigenvalue weighted by Crippen LogP contribution is 2.15. The van der Waals surface area contributed by atoms with Crippen molar-refractivity contribution >= 4 is 0 Å². The van der Waals surface area contributed by atoms with E-state index < -0.39 is 0 Å². The average Bonchev–Trinajstić information content (AvgIpc) is 2.52. The Kier molecular flexibility index (Phi) is 17.2. The average molecular weight is 315 g/mol. The topological polar surface area (TPSA) is 40.5 Å². The molecule has 0 aromatic heterocycles. The molecule has 2 N–H and O–H groups in total. The van der Waals surface area contributed by atoms with Gasteiger partial charge < -0.3 is 10.2 Å². The van der Waals surface area contributed by atoms with Gasteiger partial charge in [0.15, 0.2) is 0 Å². The maximum atomic E-state index is 9.89. The number of aliphatic hydroxyl groups excluding tert-OH is 2. The predicted octanol–water partition coefficient (Wildman–Crippen LogP) is 5.99. The van der Waals surface area contributed by atoms with Crippen LogP contribution in [0, 0.1) is 0 Å². The molecule has 2 atom stereocenters. The minimum absolute atomic E-state index is 0.0643. The molecule has 0 saturated carbocycles. The maximum Gasteiger partial charge on any atom is 0.0540 e. The minimum atomic E-state index is -0.0668. The standard InChI is InChI=1S/C20H42O2/c1-3-5-7-12-16-20(22)18-14-11-9-8-10-13-17-19(21)15-6-4-2/h19-22H,3-18H2,1-2H3. The van der Waals surface area contributed by atoms with Crippen molar-refractivity contribution in [1.29, 1.82) is 0 Å². The highest BCUT2D eigenvalue weighted by molar-refractivity contribution is 4.58. The van der Waals surface area contributed by atoms with E-state index in [0.29, 0.717) is 0 Å². The van der Waals surface area contributed by atoms with Crippen LogP contribution in [0.1, 0.15) is 117 Å². The van der Waals surface area contributed by atoms with Crippen molar-refractivity contribution < 1.29 is 10.2 Å². The molecule has 0 aromatic carbocycles. The van der Waals surface area contributed by atoms with Crippen LogP contribution in [0.15, 0.2) is 0 Å². The van der Waals surface area contributed by atoms with Gasteiger partial charge in [0.05, 0.1) is 12.2 Å². The van der Waals surface area contributed by atoms with Crippen LogP contribution in [0.4, 0.5) is 0 Å². The molecule has 2 heteroatoms. The van der Waals surface area contributed by atoms with Gasteiger partial charge in [-0.3, -0.25) is 0 Å². The van der Waals surface area contributed by atoms with Gasteiger partial charge in [0, 0.05) is 0 Å². The van der Waals surface area contributed by atoms with Crippen LogP contribution in [-0.2, 0) is 0 Å². The Balaban J connectivity index is 3.19. The molecule has 2 unspecified atom stereocenters. The summed E-state index contributed by atoms with van der Waals surface area (Å²) in [5, 5.41) is 19.7. The van der Waals surface area contributed by atoms with Gasteiger partial charge >= 0.3 is 0 Å². The van der Waals surface area contributed by atoms with Gasteiger partial charge in [0.2, 0.25) is 0 Å². The van der Waals surface area contributed by atoms with Gasteiger partial charge in [-0.15, -0.1) is 0 Å². The summed E-state index contributed by atoms with van der Waals surface area (Å²) < 4.78 is 0. The van der Waals surface area contributed by atoms with Crippen LogP contribution < -0.4 is 0 Å². The van der Waals surface area contributed by atoms with E-state index in [1.165, 1.54) is 70.6 Å². The Bertz CT molecular complexity index is 206. The number of hydrogen-bond donors (Lipinski definition) is 2. The summed E-state index contributed by atoms with van der Waals surface area (Å²) in [5.74, 6) is 0. The summed E-state index contributed by atoms with van der Waals surface area (Å²) in [6.45, 7) is 4.40. The fraction of sp³-hybridized carbons (Fsp3) is 1.00. The zero-order valence-corrected chi connectivity index (χ0v) is 15.4. The lowest BCUT2D eigenvalue weighted by Gasteiger charge is -2.10. The molecule has 0 aliphatic rings. The van der Waals surface area contributed by atoms with Crippen molar-refractivity contribution in [3.63, 3.8) is 0 Å². The molecule has 134 valence electrons. The Hall–Kier alpha value is -0.0800. The van der Waals surface area contributed by atoms with E-state index in [4.69, 9.17) is 0 Å². The first kappa shape index (κ1) is 21.9. The molecule has 0 radical (unpaired) electrons.